The quantitative estimate of drug-likeness (QED) is 0.324. The van der Waals surface area contributed by atoms with Gasteiger partial charge in [0.1, 0.15) is 5.00 Å². The largest absolute Gasteiger partial charge is 0.462 e. The Bertz CT molecular complexity index is 1080. The smallest absolute Gasteiger partial charge is 0.341 e. The number of nitrogens with zero attached hydrogens (tertiary/aromatic N) is 3. The van der Waals surface area contributed by atoms with Crippen molar-refractivity contribution < 1.29 is 18.7 Å². The maximum Gasteiger partial charge on any atom is 0.341 e. The fourth-order valence-corrected chi connectivity index (χ4v) is 5.17. The first kappa shape index (κ1) is 22.6. The van der Waals surface area contributed by atoms with Crippen LogP contribution in [-0.4, -0.2) is 39.0 Å². The van der Waals surface area contributed by atoms with E-state index < -0.39 is 0 Å². The minimum Gasteiger partial charge on any atom is -0.462 e. The van der Waals surface area contributed by atoms with Gasteiger partial charge in [-0.15, -0.1) is 21.5 Å². The van der Waals surface area contributed by atoms with E-state index in [1.807, 2.05) is 22.1 Å². The Hall–Kier alpha value is -2.59. The third-order valence-electron chi connectivity index (χ3n) is 4.91. The van der Waals surface area contributed by atoms with Crippen molar-refractivity contribution in [3.8, 4) is 11.6 Å². The summed E-state index contributed by atoms with van der Waals surface area (Å²) in [6, 6.07) is 3.65. The molecular formula is C22H26N4O4S2. The van der Waals surface area contributed by atoms with Gasteiger partial charge < -0.3 is 14.5 Å². The summed E-state index contributed by atoms with van der Waals surface area (Å²) >= 11 is 2.68. The highest BCUT2D eigenvalue weighted by Crippen LogP contribution is 2.46. The normalized spacial score (nSPS) is 13.5. The van der Waals surface area contributed by atoms with Crippen molar-refractivity contribution in [1.82, 2.24) is 14.8 Å². The van der Waals surface area contributed by atoms with Crippen molar-refractivity contribution in [3.63, 3.8) is 0 Å². The first-order chi connectivity index (χ1) is 15.5. The average Bonchev–Trinajstić information content (AvgIpc) is 3.13. The molecule has 0 saturated heterocycles. The van der Waals surface area contributed by atoms with Gasteiger partial charge in [0, 0.05) is 6.54 Å². The lowest BCUT2D eigenvalue weighted by Gasteiger charge is -2.11. The first-order valence-electron chi connectivity index (χ1n) is 10.7. The predicted octanol–water partition coefficient (Wildman–Crippen LogP) is 5.04. The highest BCUT2D eigenvalue weighted by Gasteiger charge is 2.32. The van der Waals surface area contributed by atoms with Gasteiger partial charge in [0.15, 0.2) is 16.7 Å². The molecule has 170 valence electrons. The number of amides is 1. The lowest BCUT2D eigenvalue weighted by molar-refractivity contribution is -0.113. The first-order valence-corrected chi connectivity index (χ1v) is 12.5. The predicted molar refractivity (Wildman–Crippen MR) is 124 cm³/mol. The fraction of sp³-hybridized carbons (Fsp3) is 0.455. The van der Waals surface area contributed by atoms with E-state index in [4.69, 9.17) is 9.15 Å². The molecule has 10 heteroatoms. The number of furan rings is 1. The van der Waals surface area contributed by atoms with E-state index in [0.717, 1.165) is 18.4 Å². The summed E-state index contributed by atoms with van der Waals surface area (Å²) in [7, 11) is 0. The molecule has 1 amide bonds. The molecule has 0 spiro atoms. The van der Waals surface area contributed by atoms with Crippen LogP contribution in [0.1, 0.15) is 55.5 Å². The summed E-state index contributed by atoms with van der Waals surface area (Å²) in [5, 5.41) is 14.6. The molecule has 1 fully saturated rings. The van der Waals surface area contributed by atoms with Crippen LogP contribution in [0, 0.1) is 5.92 Å². The van der Waals surface area contributed by atoms with Gasteiger partial charge in [-0.2, -0.15) is 0 Å². The second kappa shape index (κ2) is 9.91. The van der Waals surface area contributed by atoms with Crippen molar-refractivity contribution in [2.75, 3.05) is 17.7 Å². The molecule has 3 aromatic rings. The van der Waals surface area contributed by atoms with Gasteiger partial charge in [-0.05, 0) is 54.7 Å². The number of anilines is 1. The molecule has 0 atom stereocenters. The van der Waals surface area contributed by atoms with E-state index in [9.17, 15) is 9.59 Å². The molecule has 1 aliphatic rings. The van der Waals surface area contributed by atoms with Crippen LogP contribution in [0.4, 0.5) is 5.00 Å². The van der Waals surface area contributed by atoms with Gasteiger partial charge in [-0.3, -0.25) is 9.36 Å². The van der Waals surface area contributed by atoms with Gasteiger partial charge in [0.2, 0.25) is 5.91 Å². The third-order valence-corrected chi connectivity index (χ3v) is 6.79. The number of hydrogen-bond donors (Lipinski definition) is 1. The Morgan fingerprint density at radius 2 is 2.19 bits per heavy atom. The van der Waals surface area contributed by atoms with Crippen LogP contribution in [0.2, 0.25) is 0 Å². The minimum atomic E-state index is -0.377. The SMILES string of the molecule is CCOC(=O)c1c(C2CC2)csc1NC(=O)CSc1nnc(-c2ccco2)n1CC(C)C. The van der Waals surface area contributed by atoms with Gasteiger partial charge in [-0.1, -0.05) is 25.6 Å². The summed E-state index contributed by atoms with van der Waals surface area (Å²) in [6.45, 7) is 7.00. The number of aromatic nitrogens is 3. The molecule has 1 aliphatic carbocycles. The van der Waals surface area contributed by atoms with Crippen LogP contribution in [0.5, 0.6) is 0 Å². The molecule has 4 rings (SSSR count). The van der Waals surface area contributed by atoms with E-state index in [-0.39, 0.29) is 17.6 Å². The molecule has 1 saturated carbocycles. The number of rotatable bonds is 10. The Kier molecular flexibility index (Phi) is 7.00. The number of esters is 1. The lowest BCUT2D eigenvalue weighted by atomic mass is 10.1. The zero-order chi connectivity index (χ0) is 22.7. The van der Waals surface area contributed by atoms with Crippen LogP contribution in [-0.2, 0) is 16.1 Å². The topological polar surface area (TPSA) is 99.2 Å². The van der Waals surface area contributed by atoms with E-state index in [0.29, 0.717) is 52.3 Å². The summed E-state index contributed by atoms with van der Waals surface area (Å²) in [5.41, 5.74) is 1.48. The van der Waals surface area contributed by atoms with Crippen molar-refractivity contribution >= 4 is 40.0 Å². The van der Waals surface area contributed by atoms with Gasteiger partial charge in [0.05, 0.1) is 24.2 Å². The Morgan fingerprint density at radius 1 is 1.38 bits per heavy atom. The maximum absolute atomic E-state index is 12.7. The summed E-state index contributed by atoms with van der Waals surface area (Å²) < 4.78 is 12.7. The number of ether oxygens (including phenoxy) is 1. The van der Waals surface area contributed by atoms with Crippen LogP contribution in [0.15, 0.2) is 33.3 Å². The molecule has 0 bridgehead atoms. The molecule has 0 unspecified atom stereocenters. The number of carbonyl (C=O) groups excluding carboxylic acids is 2. The second-order valence-corrected chi connectivity index (χ2v) is 9.84. The lowest BCUT2D eigenvalue weighted by Crippen LogP contribution is -2.17. The van der Waals surface area contributed by atoms with Crippen molar-refractivity contribution in [2.45, 2.75) is 51.2 Å². The molecule has 8 nitrogen and oxygen atoms in total. The molecule has 3 heterocycles. The van der Waals surface area contributed by atoms with E-state index in [2.05, 4.69) is 29.4 Å². The minimum absolute atomic E-state index is 0.146. The van der Waals surface area contributed by atoms with Crippen LogP contribution in [0.3, 0.4) is 0 Å². The fourth-order valence-electron chi connectivity index (χ4n) is 3.38. The van der Waals surface area contributed by atoms with Gasteiger partial charge >= 0.3 is 5.97 Å². The molecule has 32 heavy (non-hydrogen) atoms. The van der Waals surface area contributed by atoms with Crippen molar-refractivity contribution in [2.24, 2.45) is 5.92 Å². The summed E-state index contributed by atoms with van der Waals surface area (Å²) in [4.78, 5) is 25.2. The highest BCUT2D eigenvalue weighted by molar-refractivity contribution is 7.99. The molecule has 1 N–H and O–H groups in total. The van der Waals surface area contributed by atoms with E-state index >= 15 is 0 Å². The Labute approximate surface area is 194 Å². The molecule has 0 radical (unpaired) electrons. The van der Waals surface area contributed by atoms with Gasteiger partial charge in [0.25, 0.3) is 0 Å². The standard InChI is InChI=1S/C22H26N4O4S2/c1-4-29-21(28)18-15(14-7-8-14)11-31-20(18)23-17(27)12-32-22-25-24-19(16-6-5-9-30-16)26(22)10-13(2)3/h5-6,9,11,13-14H,4,7-8,10,12H2,1-3H3,(H,23,27). The molecular weight excluding hydrogens is 448 g/mol. The van der Waals surface area contributed by atoms with E-state index in [1.165, 1.54) is 23.1 Å². The number of carbonyl (C=O) groups is 2. The molecule has 3 aromatic heterocycles. The van der Waals surface area contributed by atoms with Crippen LogP contribution >= 0.6 is 23.1 Å². The van der Waals surface area contributed by atoms with Crippen LogP contribution < -0.4 is 5.32 Å². The van der Waals surface area contributed by atoms with Crippen molar-refractivity contribution in [1.29, 1.82) is 0 Å². The van der Waals surface area contributed by atoms with E-state index in [1.54, 1.807) is 13.2 Å². The Balaban J connectivity index is 1.47. The molecule has 0 aliphatic heterocycles. The zero-order valence-electron chi connectivity index (χ0n) is 18.3. The summed E-state index contributed by atoms with van der Waals surface area (Å²) in [6.07, 6.45) is 3.73. The van der Waals surface area contributed by atoms with Crippen LogP contribution in [0.25, 0.3) is 11.6 Å². The monoisotopic (exact) mass is 474 g/mol. The number of thioether (sulfide) groups is 1. The third kappa shape index (κ3) is 5.07. The number of nitrogens with one attached hydrogen (secondary N) is 1. The van der Waals surface area contributed by atoms with Gasteiger partial charge in [-0.25, -0.2) is 4.79 Å². The highest BCUT2D eigenvalue weighted by atomic mass is 32.2. The molecule has 0 aromatic carbocycles. The van der Waals surface area contributed by atoms with Crippen molar-refractivity contribution in [3.05, 3.63) is 34.9 Å². The Morgan fingerprint density at radius 3 is 2.84 bits per heavy atom. The number of hydrogen-bond acceptors (Lipinski definition) is 8. The average molecular weight is 475 g/mol. The maximum atomic E-state index is 12.7. The number of thiophene rings is 1. The summed E-state index contributed by atoms with van der Waals surface area (Å²) in [5.74, 6) is 1.60. The second-order valence-electron chi connectivity index (χ2n) is 8.01. The zero-order valence-corrected chi connectivity index (χ0v) is 19.9.